The minimum Gasteiger partial charge on any atom is -0.333 e. The van der Waals surface area contributed by atoms with E-state index in [4.69, 9.17) is 5.10 Å². The Kier molecular flexibility index (Phi) is 6.27. The molecule has 3 aromatic rings. The van der Waals surface area contributed by atoms with E-state index in [0.29, 0.717) is 5.82 Å². The average Bonchev–Trinajstić information content (AvgIpc) is 3.50. The number of fused-ring (bicyclic) bond motifs is 1. The van der Waals surface area contributed by atoms with Gasteiger partial charge in [-0.15, -0.1) is 0 Å². The topological polar surface area (TPSA) is 62.2 Å². The normalized spacial score (nSPS) is 22.2. The van der Waals surface area contributed by atoms with Crippen molar-refractivity contribution in [3.05, 3.63) is 77.5 Å². The van der Waals surface area contributed by atoms with Crippen molar-refractivity contribution in [2.45, 2.75) is 50.4 Å². The molecule has 2 aromatic carbocycles. The second-order valence-electron chi connectivity index (χ2n) is 9.30. The molecule has 1 aliphatic carbocycles. The molecule has 5 rings (SSSR count). The quantitative estimate of drug-likeness (QED) is 0.543. The number of carbonyl (C=O) groups is 1. The Morgan fingerprint density at radius 3 is 2.43 bits per heavy atom. The molecular formula is C26H28F3N5O. The average molecular weight is 484 g/mol. The number of aryl methyl sites for hydroxylation is 1. The summed E-state index contributed by atoms with van der Waals surface area (Å²) in [6, 6.07) is 17.6. The van der Waals surface area contributed by atoms with Gasteiger partial charge in [0.05, 0.1) is 24.0 Å². The molecule has 0 radical (unpaired) electrons. The van der Waals surface area contributed by atoms with Gasteiger partial charge in [0.25, 0.3) is 0 Å². The first kappa shape index (κ1) is 23.4. The molecule has 2 amide bonds. The maximum atomic E-state index is 13.3. The van der Waals surface area contributed by atoms with Crippen molar-refractivity contribution in [2.75, 3.05) is 18.4 Å². The highest BCUT2D eigenvalue weighted by Gasteiger charge is 2.45. The lowest BCUT2D eigenvalue weighted by molar-refractivity contribution is -0.147. The number of hydrogen-bond acceptors (Lipinski definition) is 3. The van der Waals surface area contributed by atoms with E-state index in [2.05, 4.69) is 10.6 Å². The van der Waals surface area contributed by atoms with Gasteiger partial charge < -0.3 is 5.32 Å². The number of para-hydroxylation sites is 1. The number of nitrogens with one attached hydrogen (secondary N) is 2. The summed E-state index contributed by atoms with van der Waals surface area (Å²) in [5.74, 6) is 0.360. The van der Waals surface area contributed by atoms with Crippen LogP contribution < -0.4 is 10.6 Å². The number of anilines is 1. The second kappa shape index (κ2) is 9.37. The Morgan fingerprint density at radius 1 is 1.06 bits per heavy atom. The van der Waals surface area contributed by atoms with Crippen LogP contribution in [0.5, 0.6) is 0 Å². The smallest absolute Gasteiger partial charge is 0.333 e. The number of benzene rings is 2. The van der Waals surface area contributed by atoms with E-state index in [9.17, 15) is 18.0 Å². The number of halogens is 3. The molecule has 1 fully saturated rings. The first-order valence-electron chi connectivity index (χ1n) is 11.9. The Bertz CT molecular complexity index is 1180. The minimum absolute atomic E-state index is 0.215. The first-order chi connectivity index (χ1) is 16.8. The molecule has 0 bridgehead atoms. The number of alkyl halides is 3. The van der Waals surface area contributed by atoms with E-state index in [-0.39, 0.29) is 12.5 Å². The molecule has 9 heteroatoms. The van der Waals surface area contributed by atoms with Crippen LogP contribution in [0.15, 0.2) is 60.7 Å². The Morgan fingerprint density at radius 2 is 1.74 bits per heavy atom. The summed E-state index contributed by atoms with van der Waals surface area (Å²) in [7, 11) is 0. The first-order valence-corrected chi connectivity index (χ1v) is 11.9. The molecule has 6 nitrogen and oxygen atoms in total. The minimum atomic E-state index is -4.31. The van der Waals surface area contributed by atoms with E-state index in [1.54, 1.807) is 11.6 Å². The standard InChI is InChI=1S/C26H28F3N5O/c1-17-23(21(18-9-4-2-5-10-18)15-33(17)16-26(27,28)29)30-25(35)31-24-20-13-8-14-22(20)32-34(24)19-11-6-3-7-12-19/h2-7,9-12,17,21,23H,8,13-16H2,1H3,(H2,30,31,35)/t17-,21?,23-/m1/s1. The van der Waals surface area contributed by atoms with E-state index < -0.39 is 30.8 Å². The van der Waals surface area contributed by atoms with Gasteiger partial charge in [-0.3, -0.25) is 10.2 Å². The van der Waals surface area contributed by atoms with Crippen LogP contribution in [-0.4, -0.2) is 52.1 Å². The zero-order valence-electron chi connectivity index (χ0n) is 19.4. The van der Waals surface area contributed by atoms with Crippen LogP contribution in [0.1, 0.15) is 36.1 Å². The van der Waals surface area contributed by atoms with Gasteiger partial charge in [0, 0.05) is 24.1 Å². The second-order valence-corrected chi connectivity index (χ2v) is 9.30. The van der Waals surface area contributed by atoms with Gasteiger partial charge in [0.2, 0.25) is 0 Å². The third-order valence-electron chi connectivity index (χ3n) is 7.01. The zero-order chi connectivity index (χ0) is 24.6. The molecule has 3 atom stereocenters. The highest BCUT2D eigenvalue weighted by atomic mass is 19.4. The largest absolute Gasteiger partial charge is 0.401 e. The molecule has 184 valence electrons. The van der Waals surface area contributed by atoms with E-state index in [1.807, 2.05) is 60.7 Å². The number of amides is 2. The van der Waals surface area contributed by atoms with Crippen molar-refractivity contribution in [1.29, 1.82) is 0 Å². The lowest BCUT2D eigenvalue weighted by Gasteiger charge is -2.27. The maximum absolute atomic E-state index is 13.3. The SMILES string of the molecule is C[C@@H]1[C@@H](NC(=O)Nc2c3c(nn2-c2ccccc2)CCC3)C(c2ccccc2)CN1CC(F)(F)F. The molecule has 2 heterocycles. The Hall–Kier alpha value is -3.33. The number of nitrogens with zero attached hydrogens (tertiary/aromatic N) is 3. The number of urea groups is 1. The van der Waals surface area contributed by atoms with Gasteiger partial charge in [0.15, 0.2) is 0 Å². The highest BCUT2D eigenvalue weighted by Crippen LogP contribution is 2.35. The number of hydrogen-bond donors (Lipinski definition) is 2. The van der Waals surface area contributed by atoms with Gasteiger partial charge in [-0.05, 0) is 43.9 Å². The summed E-state index contributed by atoms with van der Waals surface area (Å²) in [5, 5.41) is 10.7. The van der Waals surface area contributed by atoms with Gasteiger partial charge in [0.1, 0.15) is 5.82 Å². The maximum Gasteiger partial charge on any atom is 0.401 e. The molecule has 0 spiro atoms. The fraction of sp³-hybridized carbons (Fsp3) is 0.385. The van der Waals surface area contributed by atoms with Gasteiger partial charge in [-0.1, -0.05) is 48.5 Å². The predicted octanol–water partition coefficient (Wildman–Crippen LogP) is 4.90. The third-order valence-corrected chi connectivity index (χ3v) is 7.01. The van der Waals surface area contributed by atoms with Crippen LogP contribution in [0.3, 0.4) is 0 Å². The molecule has 1 unspecified atom stereocenters. The molecule has 35 heavy (non-hydrogen) atoms. The van der Waals surface area contributed by atoms with Crippen molar-refractivity contribution in [2.24, 2.45) is 0 Å². The van der Waals surface area contributed by atoms with Crippen LogP contribution >= 0.6 is 0 Å². The van der Waals surface area contributed by atoms with Crippen molar-refractivity contribution in [3.8, 4) is 5.69 Å². The summed E-state index contributed by atoms with van der Waals surface area (Å²) in [6.45, 7) is 0.949. The Balaban J connectivity index is 1.40. The van der Waals surface area contributed by atoms with E-state index in [0.717, 1.165) is 41.8 Å². The molecule has 1 aliphatic heterocycles. The fourth-order valence-electron chi connectivity index (χ4n) is 5.34. The van der Waals surface area contributed by atoms with Crippen LogP contribution in [0, 0.1) is 0 Å². The van der Waals surface area contributed by atoms with E-state index in [1.165, 1.54) is 4.90 Å². The fourth-order valence-corrected chi connectivity index (χ4v) is 5.34. The van der Waals surface area contributed by atoms with Crippen LogP contribution in [-0.2, 0) is 12.8 Å². The Labute approximate surface area is 202 Å². The zero-order valence-corrected chi connectivity index (χ0v) is 19.4. The van der Waals surface area contributed by atoms with E-state index >= 15 is 0 Å². The molecular weight excluding hydrogens is 455 g/mol. The number of rotatable bonds is 5. The van der Waals surface area contributed by atoms with Crippen molar-refractivity contribution < 1.29 is 18.0 Å². The summed E-state index contributed by atoms with van der Waals surface area (Å²) >= 11 is 0. The summed E-state index contributed by atoms with van der Waals surface area (Å²) < 4.78 is 41.4. The van der Waals surface area contributed by atoms with Gasteiger partial charge in [-0.25, -0.2) is 9.48 Å². The summed E-state index contributed by atoms with van der Waals surface area (Å²) in [6.07, 6.45) is -1.65. The lowest BCUT2D eigenvalue weighted by atomic mass is 9.92. The lowest BCUT2D eigenvalue weighted by Crippen LogP contribution is -2.48. The van der Waals surface area contributed by atoms with Gasteiger partial charge in [-0.2, -0.15) is 18.3 Å². The molecule has 2 N–H and O–H groups in total. The summed E-state index contributed by atoms with van der Waals surface area (Å²) in [5.41, 5.74) is 3.73. The molecule has 1 aromatic heterocycles. The number of carbonyl (C=O) groups excluding carboxylic acids is 1. The summed E-state index contributed by atoms with van der Waals surface area (Å²) in [4.78, 5) is 14.7. The van der Waals surface area contributed by atoms with Crippen molar-refractivity contribution in [1.82, 2.24) is 20.0 Å². The van der Waals surface area contributed by atoms with Crippen molar-refractivity contribution >= 4 is 11.8 Å². The molecule has 1 saturated heterocycles. The monoisotopic (exact) mass is 483 g/mol. The number of aromatic nitrogens is 2. The number of likely N-dealkylation sites (tertiary alicyclic amines) is 1. The van der Waals surface area contributed by atoms with Crippen molar-refractivity contribution in [3.63, 3.8) is 0 Å². The van der Waals surface area contributed by atoms with Gasteiger partial charge >= 0.3 is 12.2 Å². The molecule has 0 saturated carbocycles. The van der Waals surface area contributed by atoms with Crippen LogP contribution in [0.2, 0.25) is 0 Å². The molecule has 2 aliphatic rings. The highest BCUT2D eigenvalue weighted by molar-refractivity contribution is 5.90. The third kappa shape index (κ3) is 4.91. The predicted molar refractivity (Wildman–Crippen MR) is 128 cm³/mol. The van der Waals surface area contributed by atoms with Crippen LogP contribution in [0.25, 0.3) is 5.69 Å². The van der Waals surface area contributed by atoms with Crippen LogP contribution in [0.4, 0.5) is 23.8 Å².